The molecule has 0 saturated carbocycles. The van der Waals surface area contributed by atoms with E-state index in [1.54, 1.807) is 11.3 Å². The van der Waals surface area contributed by atoms with Crippen molar-refractivity contribution in [3.63, 3.8) is 0 Å². The topological polar surface area (TPSA) is 20.2 Å². The molecule has 0 radical (unpaired) electrons. The molecule has 0 aliphatic rings. The number of hydrogen-bond acceptors (Lipinski definition) is 2. The van der Waals surface area contributed by atoms with Gasteiger partial charge in [0.2, 0.25) is 0 Å². The average molecular weight is 198 g/mol. The van der Waals surface area contributed by atoms with Gasteiger partial charge in [0, 0.05) is 4.88 Å². The van der Waals surface area contributed by atoms with Gasteiger partial charge in [-0.3, -0.25) is 0 Å². The van der Waals surface area contributed by atoms with E-state index < -0.39 is 0 Å². The van der Waals surface area contributed by atoms with Crippen molar-refractivity contribution in [1.29, 1.82) is 0 Å². The third-order valence-corrected chi connectivity index (χ3v) is 3.37. The molecule has 0 fully saturated rings. The Morgan fingerprint density at radius 3 is 2.69 bits per heavy atom. The van der Waals surface area contributed by atoms with Gasteiger partial charge in [-0.2, -0.15) is 0 Å². The van der Waals surface area contributed by atoms with E-state index in [0.29, 0.717) is 0 Å². The average Bonchev–Trinajstić information content (AvgIpc) is 2.54. The van der Waals surface area contributed by atoms with E-state index in [1.165, 1.54) is 0 Å². The highest BCUT2D eigenvalue weighted by Gasteiger charge is 2.28. The van der Waals surface area contributed by atoms with Gasteiger partial charge in [-0.25, -0.2) is 0 Å². The van der Waals surface area contributed by atoms with Crippen LogP contribution in [0.3, 0.4) is 0 Å². The molecule has 0 aliphatic carbocycles. The fraction of sp³-hybridized carbons (Fsp3) is 0.636. The van der Waals surface area contributed by atoms with Crippen molar-refractivity contribution in [2.75, 3.05) is 0 Å². The third-order valence-electron chi connectivity index (χ3n) is 2.45. The van der Waals surface area contributed by atoms with Crippen molar-refractivity contribution < 1.29 is 5.11 Å². The Bertz CT molecular complexity index is 239. The number of aliphatic hydroxyl groups is 1. The molecule has 1 aromatic rings. The van der Waals surface area contributed by atoms with Crippen LogP contribution in [0.1, 0.15) is 44.6 Å². The minimum atomic E-state index is -0.313. The summed E-state index contributed by atoms with van der Waals surface area (Å²) in [7, 11) is 0. The van der Waals surface area contributed by atoms with Crippen LogP contribution < -0.4 is 0 Å². The van der Waals surface area contributed by atoms with Crippen LogP contribution >= 0.6 is 11.3 Å². The molecule has 0 spiro atoms. The Hall–Kier alpha value is -0.340. The van der Waals surface area contributed by atoms with Gasteiger partial charge in [-0.15, -0.1) is 11.3 Å². The van der Waals surface area contributed by atoms with Gasteiger partial charge < -0.3 is 5.11 Å². The number of thiophene rings is 1. The lowest BCUT2D eigenvalue weighted by Gasteiger charge is -2.29. The predicted octanol–water partition coefficient (Wildman–Crippen LogP) is 3.61. The summed E-state index contributed by atoms with van der Waals surface area (Å²) in [6.07, 6.45) is 1.87. The summed E-state index contributed by atoms with van der Waals surface area (Å²) in [4.78, 5) is 1.08. The largest absolute Gasteiger partial charge is 0.387 e. The van der Waals surface area contributed by atoms with E-state index in [9.17, 15) is 5.11 Å². The Balaban J connectivity index is 2.71. The fourth-order valence-electron chi connectivity index (χ4n) is 1.61. The van der Waals surface area contributed by atoms with Crippen LogP contribution in [0.5, 0.6) is 0 Å². The Kier molecular flexibility index (Phi) is 3.51. The Morgan fingerprint density at radius 2 is 2.23 bits per heavy atom. The minimum Gasteiger partial charge on any atom is -0.387 e. The molecular formula is C11H18OS. The smallest absolute Gasteiger partial charge is 0.0932 e. The zero-order chi connectivity index (χ0) is 9.90. The zero-order valence-corrected chi connectivity index (χ0v) is 9.40. The maximum absolute atomic E-state index is 10.1. The molecule has 0 aromatic carbocycles. The van der Waals surface area contributed by atoms with Gasteiger partial charge in [-0.05, 0) is 23.3 Å². The van der Waals surface area contributed by atoms with Gasteiger partial charge in [-0.1, -0.05) is 33.3 Å². The van der Waals surface area contributed by atoms with Crippen molar-refractivity contribution in [1.82, 2.24) is 0 Å². The van der Waals surface area contributed by atoms with E-state index in [0.717, 1.165) is 17.7 Å². The molecule has 1 atom stereocenters. The normalized spacial score (nSPS) is 14.5. The minimum absolute atomic E-state index is 0.000394. The van der Waals surface area contributed by atoms with Crippen LogP contribution in [-0.2, 0) is 0 Å². The zero-order valence-electron chi connectivity index (χ0n) is 8.58. The van der Waals surface area contributed by atoms with E-state index in [2.05, 4.69) is 20.8 Å². The molecule has 1 aromatic heterocycles. The monoisotopic (exact) mass is 198 g/mol. The second kappa shape index (κ2) is 4.25. The van der Waals surface area contributed by atoms with E-state index >= 15 is 0 Å². The number of aliphatic hydroxyl groups excluding tert-OH is 1. The first kappa shape index (κ1) is 10.7. The van der Waals surface area contributed by atoms with Crippen LogP contribution in [0.4, 0.5) is 0 Å². The molecule has 0 bridgehead atoms. The molecule has 1 unspecified atom stereocenters. The Labute approximate surface area is 84.4 Å². The predicted molar refractivity (Wildman–Crippen MR) is 58.0 cm³/mol. The first-order valence-corrected chi connectivity index (χ1v) is 5.67. The van der Waals surface area contributed by atoms with Crippen molar-refractivity contribution in [2.45, 2.75) is 39.7 Å². The highest BCUT2D eigenvalue weighted by Crippen LogP contribution is 2.38. The lowest BCUT2D eigenvalue weighted by Crippen LogP contribution is -2.20. The van der Waals surface area contributed by atoms with Gasteiger partial charge >= 0.3 is 0 Å². The summed E-state index contributed by atoms with van der Waals surface area (Å²) in [5.74, 6) is 0. The van der Waals surface area contributed by atoms with Crippen LogP contribution in [0.2, 0.25) is 0 Å². The summed E-state index contributed by atoms with van der Waals surface area (Å²) in [5.41, 5.74) is -0.000394. The summed E-state index contributed by atoms with van der Waals surface area (Å²) >= 11 is 1.63. The number of hydrogen-bond donors (Lipinski definition) is 1. The lowest BCUT2D eigenvalue weighted by atomic mass is 9.81. The third kappa shape index (κ3) is 2.55. The highest BCUT2D eigenvalue weighted by molar-refractivity contribution is 7.10. The number of rotatable bonds is 4. The standard InChI is InChI=1S/C11H18OS/c1-4-7-11(2,3)10(12)9-6-5-8-13-9/h5-6,8,10,12H,4,7H2,1-3H3. The van der Waals surface area contributed by atoms with Crippen molar-refractivity contribution in [3.05, 3.63) is 22.4 Å². The molecular weight excluding hydrogens is 180 g/mol. The van der Waals surface area contributed by atoms with Crippen LogP contribution in [-0.4, -0.2) is 5.11 Å². The lowest BCUT2D eigenvalue weighted by molar-refractivity contribution is 0.0454. The van der Waals surface area contributed by atoms with Gasteiger partial charge in [0.1, 0.15) is 0 Å². The van der Waals surface area contributed by atoms with Gasteiger partial charge in [0.05, 0.1) is 6.10 Å². The first-order chi connectivity index (χ1) is 6.08. The molecule has 1 heterocycles. The quantitative estimate of drug-likeness (QED) is 0.783. The molecule has 1 nitrogen and oxygen atoms in total. The van der Waals surface area contributed by atoms with Crippen molar-refractivity contribution >= 4 is 11.3 Å². The Morgan fingerprint density at radius 1 is 1.54 bits per heavy atom. The van der Waals surface area contributed by atoms with Crippen LogP contribution in [0.25, 0.3) is 0 Å². The van der Waals surface area contributed by atoms with E-state index in [-0.39, 0.29) is 11.5 Å². The SMILES string of the molecule is CCCC(C)(C)C(O)c1cccs1. The van der Waals surface area contributed by atoms with Crippen LogP contribution in [0, 0.1) is 5.41 Å². The highest BCUT2D eigenvalue weighted by atomic mass is 32.1. The second-order valence-corrected chi connectivity index (χ2v) is 5.14. The van der Waals surface area contributed by atoms with Crippen molar-refractivity contribution in [3.8, 4) is 0 Å². The van der Waals surface area contributed by atoms with Gasteiger partial charge in [0.15, 0.2) is 0 Å². The molecule has 1 N–H and O–H groups in total. The van der Waals surface area contributed by atoms with Gasteiger partial charge in [0.25, 0.3) is 0 Å². The fourth-order valence-corrected chi connectivity index (χ4v) is 2.53. The summed E-state index contributed by atoms with van der Waals surface area (Å²) in [6.45, 7) is 6.41. The van der Waals surface area contributed by atoms with Crippen LogP contribution in [0.15, 0.2) is 17.5 Å². The molecule has 0 amide bonds. The molecule has 0 saturated heterocycles. The summed E-state index contributed by atoms with van der Waals surface area (Å²) in [5, 5.41) is 12.1. The first-order valence-electron chi connectivity index (χ1n) is 4.79. The molecule has 74 valence electrons. The van der Waals surface area contributed by atoms with E-state index in [1.807, 2.05) is 17.5 Å². The maximum Gasteiger partial charge on any atom is 0.0932 e. The molecule has 1 rings (SSSR count). The summed E-state index contributed by atoms with van der Waals surface area (Å²) < 4.78 is 0. The molecule has 0 aliphatic heterocycles. The molecule has 2 heteroatoms. The van der Waals surface area contributed by atoms with Crippen molar-refractivity contribution in [2.24, 2.45) is 5.41 Å². The van der Waals surface area contributed by atoms with E-state index in [4.69, 9.17) is 0 Å². The summed E-state index contributed by atoms with van der Waals surface area (Å²) in [6, 6.07) is 4.00. The second-order valence-electron chi connectivity index (χ2n) is 4.16. The maximum atomic E-state index is 10.1. The molecule has 13 heavy (non-hydrogen) atoms.